The predicted octanol–water partition coefficient (Wildman–Crippen LogP) is 2.75. The SMILES string of the molecule is Cc1nc2cc(Br)ccc2cc1N1CCC(=O)NC1=O. The fourth-order valence-electron chi connectivity index (χ4n) is 2.29. The smallest absolute Gasteiger partial charge is 0.292 e. The quantitative estimate of drug-likeness (QED) is 0.872. The number of hydrogen-bond acceptors (Lipinski definition) is 3. The molecule has 20 heavy (non-hydrogen) atoms. The van der Waals surface area contributed by atoms with Crippen LogP contribution in [0.2, 0.25) is 0 Å². The topological polar surface area (TPSA) is 62.3 Å². The number of carbonyl (C=O) groups excluding carboxylic acids is 2. The number of urea groups is 1. The Morgan fingerprint density at radius 2 is 2.10 bits per heavy atom. The molecule has 1 fully saturated rings. The van der Waals surface area contributed by atoms with E-state index in [1.54, 1.807) is 4.90 Å². The summed E-state index contributed by atoms with van der Waals surface area (Å²) in [5.41, 5.74) is 2.37. The number of imide groups is 1. The van der Waals surface area contributed by atoms with Crippen molar-refractivity contribution in [2.24, 2.45) is 0 Å². The van der Waals surface area contributed by atoms with E-state index >= 15 is 0 Å². The fourth-order valence-corrected chi connectivity index (χ4v) is 2.64. The van der Waals surface area contributed by atoms with Crippen LogP contribution in [0.4, 0.5) is 10.5 Å². The third kappa shape index (κ3) is 2.27. The minimum atomic E-state index is -0.386. The number of pyridine rings is 1. The molecule has 3 rings (SSSR count). The number of nitrogens with one attached hydrogen (secondary N) is 1. The van der Waals surface area contributed by atoms with Crippen LogP contribution in [0.5, 0.6) is 0 Å². The Balaban J connectivity index is 2.07. The molecular weight excluding hydrogens is 322 g/mol. The highest BCUT2D eigenvalue weighted by Crippen LogP contribution is 2.27. The average molecular weight is 334 g/mol. The molecule has 0 spiro atoms. The van der Waals surface area contributed by atoms with Crippen LogP contribution in [0.3, 0.4) is 0 Å². The predicted molar refractivity (Wildman–Crippen MR) is 79.7 cm³/mol. The highest BCUT2D eigenvalue weighted by atomic mass is 79.9. The van der Waals surface area contributed by atoms with E-state index in [0.717, 1.165) is 26.8 Å². The summed E-state index contributed by atoms with van der Waals surface area (Å²) in [4.78, 5) is 29.2. The second-order valence-electron chi connectivity index (χ2n) is 4.68. The number of hydrogen-bond donors (Lipinski definition) is 1. The Bertz CT molecular complexity index is 730. The monoisotopic (exact) mass is 333 g/mol. The number of aryl methyl sites for hydroxylation is 1. The maximum atomic E-state index is 11.9. The summed E-state index contributed by atoms with van der Waals surface area (Å²) in [6.07, 6.45) is 0.309. The van der Waals surface area contributed by atoms with E-state index in [1.807, 2.05) is 31.2 Å². The van der Waals surface area contributed by atoms with Gasteiger partial charge in [0.05, 0.1) is 16.9 Å². The first kappa shape index (κ1) is 13.1. The molecule has 102 valence electrons. The zero-order valence-corrected chi connectivity index (χ0v) is 12.4. The lowest BCUT2D eigenvalue weighted by Crippen LogP contribution is -2.49. The van der Waals surface area contributed by atoms with Crippen molar-refractivity contribution < 1.29 is 9.59 Å². The van der Waals surface area contributed by atoms with Gasteiger partial charge < -0.3 is 0 Å². The number of halogens is 1. The van der Waals surface area contributed by atoms with Crippen molar-refractivity contribution in [3.63, 3.8) is 0 Å². The molecule has 1 N–H and O–H groups in total. The fraction of sp³-hybridized carbons (Fsp3) is 0.214. The van der Waals surface area contributed by atoms with Crippen LogP contribution in [-0.4, -0.2) is 23.5 Å². The van der Waals surface area contributed by atoms with Gasteiger partial charge >= 0.3 is 6.03 Å². The second kappa shape index (κ2) is 4.86. The molecule has 1 aromatic carbocycles. The first-order valence-electron chi connectivity index (χ1n) is 6.23. The Hall–Kier alpha value is -1.95. The van der Waals surface area contributed by atoms with Gasteiger partial charge in [-0.2, -0.15) is 0 Å². The Morgan fingerprint density at radius 1 is 1.30 bits per heavy atom. The van der Waals surface area contributed by atoms with Crippen LogP contribution in [-0.2, 0) is 4.79 Å². The minimum absolute atomic E-state index is 0.235. The van der Waals surface area contributed by atoms with Gasteiger partial charge in [0.1, 0.15) is 0 Å². The number of fused-ring (bicyclic) bond motifs is 1. The molecule has 3 amide bonds. The molecule has 1 aliphatic heterocycles. The Labute approximate surface area is 124 Å². The van der Waals surface area contributed by atoms with Crippen molar-refractivity contribution >= 4 is 44.5 Å². The van der Waals surface area contributed by atoms with Crippen molar-refractivity contribution in [2.75, 3.05) is 11.4 Å². The van der Waals surface area contributed by atoms with Gasteiger partial charge in [0, 0.05) is 22.8 Å². The van der Waals surface area contributed by atoms with Crippen molar-refractivity contribution in [1.82, 2.24) is 10.3 Å². The van der Waals surface area contributed by atoms with Crippen molar-refractivity contribution in [1.29, 1.82) is 0 Å². The third-order valence-corrected chi connectivity index (χ3v) is 3.78. The molecule has 1 aromatic heterocycles. The van der Waals surface area contributed by atoms with Gasteiger partial charge in [0.15, 0.2) is 0 Å². The van der Waals surface area contributed by atoms with Crippen LogP contribution in [0.1, 0.15) is 12.1 Å². The van der Waals surface area contributed by atoms with Crippen LogP contribution in [0, 0.1) is 6.92 Å². The molecule has 2 heterocycles. The number of amides is 3. The zero-order valence-electron chi connectivity index (χ0n) is 10.8. The second-order valence-corrected chi connectivity index (χ2v) is 5.60. The van der Waals surface area contributed by atoms with E-state index in [0.29, 0.717) is 13.0 Å². The maximum Gasteiger partial charge on any atom is 0.328 e. The first-order chi connectivity index (χ1) is 9.54. The van der Waals surface area contributed by atoms with Crippen LogP contribution in [0.15, 0.2) is 28.7 Å². The number of aromatic nitrogens is 1. The summed E-state index contributed by atoms with van der Waals surface area (Å²) < 4.78 is 0.964. The molecule has 0 bridgehead atoms. The van der Waals surface area contributed by atoms with Gasteiger partial charge in [-0.05, 0) is 25.1 Å². The van der Waals surface area contributed by atoms with Crippen molar-refractivity contribution in [2.45, 2.75) is 13.3 Å². The molecule has 0 atom stereocenters. The molecule has 0 unspecified atom stereocenters. The van der Waals surface area contributed by atoms with Crippen molar-refractivity contribution in [3.05, 3.63) is 34.4 Å². The number of benzene rings is 1. The summed E-state index contributed by atoms with van der Waals surface area (Å²) >= 11 is 3.42. The summed E-state index contributed by atoms with van der Waals surface area (Å²) in [6.45, 7) is 2.24. The molecule has 0 aliphatic carbocycles. The molecule has 1 aliphatic rings. The molecule has 6 heteroatoms. The normalized spacial score (nSPS) is 15.6. The number of rotatable bonds is 1. The van der Waals surface area contributed by atoms with Crippen LogP contribution < -0.4 is 10.2 Å². The van der Waals surface area contributed by atoms with Gasteiger partial charge in [-0.25, -0.2) is 4.79 Å². The first-order valence-corrected chi connectivity index (χ1v) is 7.02. The van der Waals surface area contributed by atoms with Gasteiger partial charge in [-0.1, -0.05) is 22.0 Å². The number of anilines is 1. The molecule has 1 saturated heterocycles. The lowest BCUT2D eigenvalue weighted by Gasteiger charge is -2.27. The lowest BCUT2D eigenvalue weighted by molar-refractivity contribution is -0.120. The van der Waals surface area contributed by atoms with E-state index in [2.05, 4.69) is 26.2 Å². The highest BCUT2D eigenvalue weighted by molar-refractivity contribution is 9.10. The van der Waals surface area contributed by atoms with Crippen LogP contribution >= 0.6 is 15.9 Å². The maximum absolute atomic E-state index is 11.9. The van der Waals surface area contributed by atoms with E-state index in [-0.39, 0.29) is 11.9 Å². The lowest BCUT2D eigenvalue weighted by atomic mass is 10.1. The van der Waals surface area contributed by atoms with E-state index in [9.17, 15) is 9.59 Å². The Kier molecular flexibility index (Phi) is 3.17. The Morgan fingerprint density at radius 3 is 2.85 bits per heavy atom. The highest BCUT2D eigenvalue weighted by Gasteiger charge is 2.25. The average Bonchev–Trinajstić information content (AvgIpc) is 2.38. The number of nitrogens with zero attached hydrogens (tertiary/aromatic N) is 2. The van der Waals surface area contributed by atoms with Gasteiger partial charge in [-0.15, -0.1) is 0 Å². The standard InChI is InChI=1S/C14H12BrN3O2/c1-8-12(18-5-4-13(19)17-14(18)20)6-9-2-3-10(15)7-11(9)16-8/h2-3,6-7H,4-5H2,1H3,(H,17,19,20). The molecule has 0 radical (unpaired) electrons. The van der Waals surface area contributed by atoms with E-state index < -0.39 is 0 Å². The summed E-state index contributed by atoms with van der Waals surface area (Å²) in [5.74, 6) is -0.235. The molecule has 5 nitrogen and oxygen atoms in total. The zero-order chi connectivity index (χ0) is 14.3. The number of carbonyl (C=O) groups is 2. The third-order valence-electron chi connectivity index (χ3n) is 3.29. The summed E-state index contributed by atoms with van der Waals surface area (Å²) in [6, 6.07) is 7.36. The molecule has 0 saturated carbocycles. The van der Waals surface area contributed by atoms with Crippen molar-refractivity contribution in [3.8, 4) is 0 Å². The van der Waals surface area contributed by atoms with Gasteiger partial charge in [-0.3, -0.25) is 20.0 Å². The molecular formula is C14H12BrN3O2. The van der Waals surface area contributed by atoms with E-state index in [4.69, 9.17) is 0 Å². The largest absolute Gasteiger partial charge is 0.328 e. The van der Waals surface area contributed by atoms with Gasteiger partial charge in [0.2, 0.25) is 5.91 Å². The minimum Gasteiger partial charge on any atom is -0.292 e. The molecule has 2 aromatic rings. The van der Waals surface area contributed by atoms with E-state index in [1.165, 1.54) is 0 Å². The van der Waals surface area contributed by atoms with Crippen LogP contribution in [0.25, 0.3) is 10.9 Å². The summed E-state index contributed by atoms with van der Waals surface area (Å²) in [5, 5.41) is 3.28. The van der Waals surface area contributed by atoms with Gasteiger partial charge in [0.25, 0.3) is 0 Å². The summed E-state index contributed by atoms with van der Waals surface area (Å²) in [7, 11) is 0.